The molecular formula is C17H21NO6. The van der Waals surface area contributed by atoms with Crippen molar-refractivity contribution in [3.05, 3.63) is 35.9 Å². The zero-order valence-corrected chi connectivity index (χ0v) is 13.9. The van der Waals surface area contributed by atoms with Crippen molar-refractivity contribution in [2.45, 2.75) is 44.5 Å². The second kappa shape index (κ2) is 6.41. The number of nitrogens with zero attached hydrogens (tertiary/aromatic N) is 1. The van der Waals surface area contributed by atoms with E-state index in [2.05, 4.69) is 0 Å². The van der Waals surface area contributed by atoms with E-state index in [1.165, 1.54) is 12.0 Å². The Balaban J connectivity index is 1.70. The third-order valence-corrected chi connectivity index (χ3v) is 4.13. The van der Waals surface area contributed by atoms with Crippen LogP contribution >= 0.6 is 0 Å². The van der Waals surface area contributed by atoms with Crippen LogP contribution in [0.2, 0.25) is 0 Å². The Hall–Kier alpha value is -2.12. The maximum atomic E-state index is 12.4. The van der Waals surface area contributed by atoms with E-state index in [0.717, 1.165) is 5.56 Å². The molecular weight excluding hydrogens is 314 g/mol. The van der Waals surface area contributed by atoms with E-state index in [9.17, 15) is 9.59 Å². The summed E-state index contributed by atoms with van der Waals surface area (Å²) in [6, 6.07) is 8.47. The summed E-state index contributed by atoms with van der Waals surface area (Å²) in [7, 11) is 1.28. The topological polar surface area (TPSA) is 74.3 Å². The third-order valence-electron chi connectivity index (χ3n) is 4.13. The predicted molar refractivity (Wildman–Crippen MR) is 83.0 cm³/mol. The molecule has 1 amide bonds. The number of hydrogen-bond acceptors (Lipinski definition) is 6. The number of methoxy groups -OCH3 is 1. The van der Waals surface area contributed by atoms with Gasteiger partial charge in [0.25, 0.3) is 0 Å². The number of benzene rings is 1. The van der Waals surface area contributed by atoms with Crippen LogP contribution in [0.1, 0.15) is 19.4 Å². The van der Waals surface area contributed by atoms with Crippen molar-refractivity contribution in [1.29, 1.82) is 0 Å². The van der Waals surface area contributed by atoms with Gasteiger partial charge in [0, 0.05) is 0 Å². The number of hydrogen-bond donors (Lipinski definition) is 0. The highest BCUT2D eigenvalue weighted by molar-refractivity contribution is 5.83. The third kappa shape index (κ3) is 3.22. The van der Waals surface area contributed by atoms with Gasteiger partial charge in [-0.1, -0.05) is 30.3 Å². The first-order valence-corrected chi connectivity index (χ1v) is 7.82. The normalized spacial score (nSPS) is 27.6. The molecule has 0 N–H and O–H groups in total. The van der Waals surface area contributed by atoms with Crippen LogP contribution in [0.15, 0.2) is 30.3 Å². The lowest BCUT2D eigenvalue weighted by Gasteiger charge is -2.27. The fourth-order valence-corrected chi connectivity index (χ4v) is 3.13. The lowest BCUT2D eigenvalue weighted by Crippen LogP contribution is -2.47. The van der Waals surface area contributed by atoms with Gasteiger partial charge in [-0.25, -0.2) is 9.59 Å². The first-order chi connectivity index (χ1) is 11.4. The molecule has 0 unspecified atom stereocenters. The fraction of sp³-hybridized carbons (Fsp3) is 0.529. The lowest BCUT2D eigenvalue weighted by atomic mass is 10.1. The van der Waals surface area contributed by atoms with E-state index in [-0.39, 0.29) is 19.3 Å². The summed E-state index contributed by atoms with van der Waals surface area (Å²) < 4.78 is 21.7. The number of rotatable bonds is 3. The molecule has 0 aliphatic carbocycles. The van der Waals surface area contributed by atoms with Crippen molar-refractivity contribution in [3.8, 4) is 0 Å². The van der Waals surface area contributed by atoms with Gasteiger partial charge in [-0.05, 0) is 19.4 Å². The van der Waals surface area contributed by atoms with Gasteiger partial charge in [0.1, 0.15) is 18.8 Å². The molecule has 2 aliphatic heterocycles. The lowest BCUT2D eigenvalue weighted by molar-refractivity contribution is -0.170. The van der Waals surface area contributed by atoms with Crippen molar-refractivity contribution in [2.75, 3.05) is 13.7 Å². The van der Waals surface area contributed by atoms with E-state index >= 15 is 0 Å². The number of ether oxygens (including phenoxy) is 4. The van der Waals surface area contributed by atoms with Crippen LogP contribution in [-0.4, -0.2) is 54.7 Å². The largest absolute Gasteiger partial charge is 0.467 e. The smallest absolute Gasteiger partial charge is 0.411 e. The van der Waals surface area contributed by atoms with Crippen LogP contribution in [0.5, 0.6) is 0 Å². The van der Waals surface area contributed by atoms with Crippen molar-refractivity contribution in [3.63, 3.8) is 0 Å². The molecule has 2 heterocycles. The van der Waals surface area contributed by atoms with Crippen LogP contribution in [0.3, 0.4) is 0 Å². The molecule has 1 aromatic rings. The number of amides is 1. The Kier molecular flexibility index (Phi) is 4.47. The second-order valence-electron chi connectivity index (χ2n) is 6.30. The molecule has 24 heavy (non-hydrogen) atoms. The molecule has 7 nitrogen and oxygen atoms in total. The average molecular weight is 335 g/mol. The van der Waals surface area contributed by atoms with Crippen LogP contribution in [0.4, 0.5) is 4.79 Å². The van der Waals surface area contributed by atoms with Crippen LogP contribution in [0, 0.1) is 0 Å². The van der Waals surface area contributed by atoms with Gasteiger partial charge in [0.15, 0.2) is 11.8 Å². The van der Waals surface area contributed by atoms with Gasteiger partial charge >= 0.3 is 12.1 Å². The van der Waals surface area contributed by atoms with Crippen molar-refractivity contribution in [2.24, 2.45) is 0 Å². The Morgan fingerprint density at radius 2 is 1.96 bits per heavy atom. The molecule has 0 aromatic heterocycles. The van der Waals surface area contributed by atoms with E-state index < -0.39 is 30.0 Å². The molecule has 0 spiro atoms. The fourth-order valence-electron chi connectivity index (χ4n) is 3.13. The van der Waals surface area contributed by atoms with Crippen LogP contribution in [0.25, 0.3) is 0 Å². The molecule has 1 aromatic carbocycles. The Morgan fingerprint density at radius 3 is 2.62 bits per heavy atom. The summed E-state index contributed by atoms with van der Waals surface area (Å²) in [5, 5.41) is 0. The summed E-state index contributed by atoms with van der Waals surface area (Å²) in [5.74, 6) is -1.33. The minimum atomic E-state index is -0.870. The van der Waals surface area contributed by atoms with E-state index in [0.29, 0.717) is 0 Å². The molecule has 2 saturated heterocycles. The van der Waals surface area contributed by atoms with E-state index in [1.54, 1.807) is 13.8 Å². The molecule has 0 bridgehead atoms. The number of carbonyl (C=O) groups excluding carboxylic acids is 2. The van der Waals surface area contributed by atoms with E-state index in [1.807, 2.05) is 30.3 Å². The first kappa shape index (κ1) is 16.7. The van der Waals surface area contributed by atoms with E-state index in [4.69, 9.17) is 18.9 Å². The van der Waals surface area contributed by atoms with Gasteiger partial charge in [0.05, 0.1) is 13.7 Å². The van der Waals surface area contributed by atoms with Crippen LogP contribution < -0.4 is 0 Å². The zero-order chi connectivity index (χ0) is 17.3. The molecule has 130 valence electrons. The van der Waals surface area contributed by atoms with Gasteiger partial charge < -0.3 is 18.9 Å². The standard InChI is InChI=1S/C17H21NO6/c1-17(2)23-12-9-18(13(14(12)24-17)15(19)21-3)16(20)22-10-11-7-5-4-6-8-11/h4-8,12-14H,9-10H2,1-3H3/t12-,13+,14-/m1/s1. The highest BCUT2D eigenvalue weighted by Crippen LogP contribution is 2.37. The number of esters is 1. The van der Waals surface area contributed by atoms with Crippen molar-refractivity contribution >= 4 is 12.1 Å². The maximum absolute atomic E-state index is 12.4. The minimum Gasteiger partial charge on any atom is -0.467 e. The highest BCUT2D eigenvalue weighted by atomic mass is 16.8. The predicted octanol–water partition coefficient (Wildman–Crippen LogP) is 1.70. The summed E-state index contributed by atoms with van der Waals surface area (Å²) in [6.07, 6.45) is -1.53. The Bertz CT molecular complexity index is 617. The monoisotopic (exact) mass is 335 g/mol. The number of carbonyl (C=O) groups is 2. The van der Waals surface area contributed by atoms with Crippen LogP contribution in [-0.2, 0) is 30.3 Å². The van der Waals surface area contributed by atoms with Crippen molar-refractivity contribution in [1.82, 2.24) is 4.90 Å². The maximum Gasteiger partial charge on any atom is 0.411 e. The molecule has 7 heteroatoms. The second-order valence-corrected chi connectivity index (χ2v) is 6.30. The number of fused-ring (bicyclic) bond motifs is 1. The zero-order valence-electron chi connectivity index (χ0n) is 13.9. The minimum absolute atomic E-state index is 0.132. The Labute approximate surface area is 140 Å². The number of likely N-dealkylation sites (tertiary alicyclic amines) is 1. The average Bonchev–Trinajstić information content (AvgIpc) is 3.04. The molecule has 0 saturated carbocycles. The quantitative estimate of drug-likeness (QED) is 0.783. The molecule has 0 radical (unpaired) electrons. The van der Waals surface area contributed by atoms with Crippen molar-refractivity contribution < 1.29 is 28.5 Å². The first-order valence-electron chi connectivity index (χ1n) is 7.82. The molecule has 3 rings (SSSR count). The summed E-state index contributed by atoms with van der Waals surface area (Å²) in [6.45, 7) is 3.91. The summed E-state index contributed by atoms with van der Waals surface area (Å²) in [4.78, 5) is 25.9. The molecule has 2 aliphatic rings. The molecule has 2 fully saturated rings. The van der Waals surface area contributed by atoms with Gasteiger partial charge in [-0.2, -0.15) is 0 Å². The summed E-state index contributed by atoms with van der Waals surface area (Å²) >= 11 is 0. The molecule has 3 atom stereocenters. The highest BCUT2D eigenvalue weighted by Gasteiger charge is 2.57. The van der Waals surface area contributed by atoms with Gasteiger partial charge in [-0.15, -0.1) is 0 Å². The summed E-state index contributed by atoms with van der Waals surface area (Å²) in [5.41, 5.74) is 0.869. The van der Waals surface area contributed by atoms with Gasteiger partial charge in [0.2, 0.25) is 0 Å². The SMILES string of the molecule is COC(=O)[C@@H]1[C@@H]2OC(C)(C)O[C@@H]2CN1C(=O)OCc1ccccc1. The Morgan fingerprint density at radius 1 is 1.25 bits per heavy atom. The van der Waals surface area contributed by atoms with Gasteiger partial charge in [-0.3, -0.25) is 4.90 Å².